The van der Waals surface area contributed by atoms with Crippen LogP contribution in [0.25, 0.3) is 0 Å². The summed E-state index contributed by atoms with van der Waals surface area (Å²) in [7, 11) is 0. The molecule has 0 aromatic carbocycles. The molecule has 1 heterocycles. The highest BCUT2D eigenvalue weighted by Gasteiger charge is 1.96. The summed E-state index contributed by atoms with van der Waals surface area (Å²) in [6.07, 6.45) is 7.79. The molecule has 0 spiro atoms. The summed E-state index contributed by atoms with van der Waals surface area (Å²) in [5.74, 6) is 0. The smallest absolute Gasteiger partial charge is 0.107 e. The Bertz CT molecular complexity index is 129. The van der Waals surface area contributed by atoms with Gasteiger partial charge in [0, 0.05) is 13.1 Å². The minimum absolute atomic E-state index is 0.266. The zero-order chi connectivity index (χ0) is 6.53. The fourth-order valence-electron chi connectivity index (χ4n) is 0.781. The zero-order valence-corrected chi connectivity index (χ0v) is 5.26. The fourth-order valence-corrected chi connectivity index (χ4v) is 0.781. The largest absolute Gasteiger partial charge is 0.371 e. The van der Waals surface area contributed by atoms with Gasteiger partial charge in [0.15, 0.2) is 0 Å². The molecule has 0 aliphatic carbocycles. The van der Waals surface area contributed by atoms with Gasteiger partial charge in [0.1, 0.15) is 6.67 Å². The molecule has 2 heteroatoms. The third kappa shape index (κ3) is 1.88. The molecule has 0 unspecified atom stereocenters. The lowest BCUT2D eigenvalue weighted by molar-refractivity contribution is 0.347. The highest BCUT2D eigenvalue weighted by Crippen LogP contribution is 1.96. The molecule has 0 aromatic heterocycles. The molecule has 50 valence electrons. The van der Waals surface area contributed by atoms with Gasteiger partial charge in [-0.15, -0.1) is 0 Å². The van der Waals surface area contributed by atoms with E-state index in [4.69, 9.17) is 0 Å². The van der Waals surface area contributed by atoms with Crippen LogP contribution in [-0.4, -0.2) is 24.7 Å². The van der Waals surface area contributed by atoms with Crippen molar-refractivity contribution < 1.29 is 4.39 Å². The van der Waals surface area contributed by atoms with Crippen LogP contribution in [0.1, 0.15) is 0 Å². The van der Waals surface area contributed by atoms with E-state index in [9.17, 15) is 4.39 Å². The van der Waals surface area contributed by atoms with Gasteiger partial charge in [0.25, 0.3) is 0 Å². The Balaban J connectivity index is 2.28. The lowest BCUT2D eigenvalue weighted by atomic mass is 10.3. The molecule has 0 aromatic rings. The van der Waals surface area contributed by atoms with E-state index in [0.717, 1.165) is 6.54 Å². The predicted octanol–water partition coefficient (Wildman–Crippen LogP) is 1.34. The van der Waals surface area contributed by atoms with Gasteiger partial charge in [-0.05, 0) is 12.3 Å². The summed E-state index contributed by atoms with van der Waals surface area (Å²) in [5, 5.41) is 0. The van der Waals surface area contributed by atoms with Crippen LogP contribution in [0.4, 0.5) is 4.39 Å². The van der Waals surface area contributed by atoms with Gasteiger partial charge in [0.05, 0.1) is 0 Å². The fraction of sp³-hybridized carbons (Fsp3) is 0.429. The number of hydrogen-bond acceptors (Lipinski definition) is 1. The summed E-state index contributed by atoms with van der Waals surface area (Å²) in [6, 6.07) is 0. The standard InChI is InChI=1S/C7H10FN/c8-4-7-9-5-2-1-3-6-9/h1-3,5H,4,6-7H2. The average molecular weight is 127 g/mol. The summed E-state index contributed by atoms with van der Waals surface area (Å²) in [6.45, 7) is 1.10. The van der Waals surface area contributed by atoms with E-state index < -0.39 is 0 Å². The molecule has 0 fully saturated rings. The molecule has 9 heavy (non-hydrogen) atoms. The highest BCUT2D eigenvalue weighted by atomic mass is 19.1. The molecule has 0 radical (unpaired) electrons. The van der Waals surface area contributed by atoms with Crippen LogP contribution in [0.2, 0.25) is 0 Å². The predicted molar refractivity (Wildman–Crippen MR) is 35.8 cm³/mol. The van der Waals surface area contributed by atoms with Gasteiger partial charge in [-0.1, -0.05) is 12.2 Å². The summed E-state index contributed by atoms with van der Waals surface area (Å²) >= 11 is 0. The molecule has 1 aliphatic heterocycles. The summed E-state index contributed by atoms with van der Waals surface area (Å²) in [5.41, 5.74) is 0. The van der Waals surface area contributed by atoms with Crippen molar-refractivity contribution >= 4 is 0 Å². The van der Waals surface area contributed by atoms with Gasteiger partial charge >= 0.3 is 0 Å². The third-order valence-corrected chi connectivity index (χ3v) is 1.26. The lowest BCUT2D eigenvalue weighted by Gasteiger charge is -2.17. The first kappa shape index (κ1) is 6.33. The normalized spacial score (nSPS) is 16.8. The maximum atomic E-state index is 11.7. The Hall–Kier alpha value is -0.790. The molecule has 0 atom stereocenters. The van der Waals surface area contributed by atoms with Crippen LogP contribution in [0.3, 0.4) is 0 Å². The Morgan fingerprint density at radius 2 is 2.33 bits per heavy atom. The lowest BCUT2D eigenvalue weighted by Crippen LogP contribution is -2.20. The zero-order valence-electron chi connectivity index (χ0n) is 5.26. The van der Waals surface area contributed by atoms with Crippen molar-refractivity contribution in [2.45, 2.75) is 0 Å². The third-order valence-electron chi connectivity index (χ3n) is 1.26. The summed E-state index contributed by atoms with van der Waals surface area (Å²) in [4.78, 5) is 1.93. The van der Waals surface area contributed by atoms with Crippen molar-refractivity contribution in [3.8, 4) is 0 Å². The number of allylic oxidation sites excluding steroid dienone is 2. The maximum absolute atomic E-state index is 11.7. The Kier molecular flexibility index (Phi) is 2.31. The minimum Gasteiger partial charge on any atom is -0.371 e. The first-order valence-electron chi connectivity index (χ1n) is 3.07. The number of hydrogen-bond donors (Lipinski definition) is 0. The van der Waals surface area contributed by atoms with E-state index in [2.05, 4.69) is 0 Å². The quantitative estimate of drug-likeness (QED) is 0.541. The van der Waals surface area contributed by atoms with E-state index in [0.29, 0.717) is 6.54 Å². The highest BCUT2D eigenvalue weighted by molar-refractivity contribution is 5.08. The van der Waals surface area contributed by atoms with Crippen molar-refractivity contribution in [3.05, 3.63) is 24.4 Å². The van der Waals surface area contributed by atoms with Crippen LogP contribution >= 0.6 is 0 Å². The second-order valence-corrected chi connectivity index (χ2v) is 1.95. The van der Waals surface area contributed by atoms with Gasteiger partial charge in [0.2, 0.25) is 0 Å². The van der Waals surface area contributed by atoms with Gasteiger partial charge in [-0.25, -0.2) is 4.39 Å². The van der Waals surface area contributed by atoms with Gasteiger partial charge < -0.3 is 4.90 Å². The Morgan fingerprint density at radius 3 is 2.89 bits per heavy atom. The Labute approximate surface area is 54.5 Å². The monoisotopic (exact) mass is 127 g/mol. The minimum atomic E-state index is -0.266. The second kappa shape index (κ2) is 3.28. The number of halogens is 1. The van der Waals surface area contributed by atoms with Crippen LogP contribution in [0.5, 0.6) is 0 Å². The molecule has 1 nitrogen and oxygen atoms in total. The average Bonchev–Trinajstić information content (AvgIpc) is 1.91. The SMILES string of the molecule is FCCN1C=CC=CC1. The first-order chi connectivity index (χ1) is 4.43. The molecule has 0 bridgehead atoms. The molecule has 1 aliphatic rings. The number of nitrogens with zero attached hydrogens (tertiary/aromatic N) is 1. The topological polar surface area (TPSA) is 3.24 Å². The van der Waals surface area contributed by atoms with Gasteiger partial charge in [-0.2, -0.15) is 0 Å². The van der Waals surface area contributed by atoms with Crippen molar-refractivity contribution in [3.63, 3.8) is 0 Å². The second-order valence-electron chi connectivity index (χ2n) is 1.95. The molecular weight excluding hydrogens is 117 g/mol. The molecule has 0 amide bonds. The van der Waals surface area contributed by atoms with Crippen molar-refractivity contribution in [2.24, 2.45) is 0 Å². The molecule has 1 rings (SSSR count). The number of rotatable bonds is 2. The van der Waals surface area contributed by atoms with Crippen molar-refractivity contribution in [1.29, 1.82) is 0 Å². The number of alkyl halides is 1. The van der Waals surface area contributed by atoms with Crippen LogP contribution in [0.15, 0.2) is 24.4 Å². The molecule has 0 saturated carbocycles. The van der Waals surface area contributed by atoms with Crippen molar-refractivity contribution in [2.75, 3.05) is 19.8 Å². The van der Waals surface area contributed by atoms with Crippen LogP contribution in [-0.2, 0) is 0 Å². The van der Waals surface area contributed by atoms with E-state index in [-0.39, 0.29) is 6.67 Å². The Morgan fingerprint density at radius 1 is 1.44 bits per heavy atom. The molecule has 0 N–H and O–H groups in total. The molecular formula is C7H10FN. The van der Waals surface area contributed by atoms with Crippen LogP contribution in [0, 0.1) is 0 Å². The first-order valence-corrected chi connectivity index (χ1v) is 3.07. The van der Waals surface area contributed by atoms with Crippen molar-refractivity contribution in [1.82, 2.24) is 4.90 Å². The molecule has 0 saturated heterocycles. The van der Waals surface area contributed by atoms with E-state index >= 15 is 0 Å². The van der Waals surface area contributed by atoms with E-state index in [1.54, 1.807) is 0 Å². The summed E-state index contributed by atoms with van der Waals surface area (Å²) < 4.78 is 11.7. The van der Waals surface area contributed by atoms with Gasteiger partial charge in [-0.3, -0.25) is 0 Å². The van der Waals surface area contributed by atoms with Crippen LogP contribution < -0.4 is 0 Å². The maximum Gasteiger partial charge on any atom is 0.107 e. The van der Waals surface area contributed by atoms with E-state index in [1.807, 2.05) is 29.3 Å². The van der Waals surface area contributed by atoms with E-state index in [1.165, 1.54) is 0 Å².